The summed E-state index contributed by atoms with van der Waals surface area (Å²) < 4.78 is 0. The van der Waals surface area contributed by atoms with Gasteiger partial charge in [0, 0.05) is 19.5 Å². The van der Waals surface area contributed by atoms with E-state index >= 15 is 0 Å². The van der Waals surface area contributed by atoms with Gasteiger partial charge in [-0.15, -0.1) is 0 Å². The topological polar surface area (TPSA) is 61.8 Å². The number of aryl methyl sites for hydroxylation is 2. The summed E-state index contributed by atoms with van der Waals surface area (Å²) in [6.45, 7) is 7.11. The van der Waals surface area contributed by atoms with Crippen LogP contribution >= 0.6 is 11.8 Å². The second-order valence-corrected chi connectivity index (χ2v) is 8.31. The van der Waals surface area contributed by atoms with Crippen LogP contribution in [-0.4, -0.2) is 40.2 Å². The van der Waals surface area contributed by atoms with Gasteiger partial charge in [-0.05, 0) is 56.0 Å². The Hall–Kier alpha value is -2.60. The normalized spacial score (nSPS) is 18.2. The van der Waals surface area contributed by atoms with E-state index < -0.39 is 5.25 Å². The Kier molecular flexibility index (Phi) is 7.09. The maximum Gasteiger partial charge on any atom is 0.234 e. The zero-order valence-electron chi connectivity index (χ0n) is 17.1. The van der Waals surface area contributed by atoms with Crippen LogP contribution in [0.15, 0.2) is 53.5 Å². The lowest BCUT2D eigenvalue weighted by Gasteiger charge is -2.31. The summed E-state index contributed by atoms with van der Waals surface area (Å²) in [7, 11) is 0. The van der Waals surface area contributed by atoms with Gasteiger partial charge >= 0.3 is 0 Å². The van der Waals surface area contributed by atoms with Gasteiger partial charge in [0.1, 0.15) is 0 Å². The van der Waals surface area contributed by atoms with E-state index in [0.717, 1.165) is 17.7 Å². The van der Waals surface area contributed by atoms with Gasteiger partial charge in [-0.1, -0.05) is 48.2 Å². The molecule has 152 valence electrons. The fourth-order valence-corrected chi connectivity index (χ4v) is 4.33. The van der Waals surface area contributed by atoms with Gasteiger partial charge in [0.05, 0.1) is 10.9 Å². The Morgan fingerprint density at radius 3 is 2.62 bits per heavy atom. The molecule has 1 atom stereocenters. The molecule has 1 N–H and O–H groups in total. The van der Waals surface area contributed by atoms with E-state index in [1.807, 2.05) is 62.4 Å². The first-order valence-corrected chi connectivity index (χ1v) is 10.8. The van der Waals surface area contributed by atoms with Gasteiger partial charge in [-0.3, -0.25) is 14.5 Å². The molecule has 1 heterocycles. The number of hydrogen-bond donors (Lipinski definition) is 1. The van der Waals surface area contributed by atoms with Crippen molar-refractivity contribution >= 4 is 34.4 Å². The number of aliphatic imine (C=N–C) groups is 1. The van der Waals surface area contributed by atoms with E-state index in [4.69, 9.17) is 0 Å². The lowest BCUT2D eigenvalue weighted by molar-refractivity contribution is -0.130. The summed E-state index contributed by atoms with van der Waals surface area (Å²) in [6, 6.07) is 16.0. The van der Waals surface area contributed by atoms with Gasteiger partial charge in [-0.2, -0.15) is 0 Å². The number of hydrogen-bond acceptors (Lipinski definition) is 4. The molecule has 2 amide bonds. The van der Waals surface area contributed by atoms with Crippen LogP contribution in [0.4, 0.5) is 5.69 Å². The van der Waals surface area contributed by atoms with Crippen molar-refractivity contribution in [3.05, 3.63) is 65.2 Å². The number of amidine groups is 1. The van der Waals surface area contributed by atoms with Crippen molar-refractivity contribution in [2.45, 2.75) is 38.9 Å². The third kappa shape index (κ3) is 5.48. The molecule has 2 aromatic rings. The van der Waals surface area contributed by atoms with E-state index in [0.29, 0.717) is 18.3 Å². The predicted octanol–water partition coefficient (Wildman–Crippen LogP) is 4.00. The molecule has 6 heteroatoms. The smallest absolute Gasteiger partial charge is 0.234 e. The van der Waals surface area contributed by atoms with E-state index in [2.05, 4.69) is 17.2 Å². The number of carbonyl (C=O) groups excluding carboxylic acids is 2. The molecule has 1 saturated heterocycles. The average Bonchev–Trinajstić information content (AvgIpc) is 2.71. The first-order chi connectivity index (χ1) is 14.0. The Bertz CT molecular complexity index is 912. The zero-order chi connectivity index (χ0) is 20.8. The lowest BCUT2D eigenvalue weighted by Crippen LogP contribution is -2.46. The summed E-state index contributed by atoms with van der Waals surface area (Å²) in [4.78, 5) is 31.6. The van der Waals surface area contributed by atoms with Gasteiger partial charge in [0.2, 0.25) is 11.8 Å². The van der Waals surface area contributed by atoms with Gasteiger partial charge in [0.15, 0.2) is 5.17 Å². The first kappa shape index (κ1) is 21.1. The van der Waals surface area contributed by atoms with Crippen LogP contribution in [0.3, 0.4) is 0 Å². The monoisotopic (exact) mass is 409 g/mol. The number of benzene rings is 2. The number of carbonyl (C=O) groups is 2. The van der Waals surface area contributed by atoms with E-state index in [1.54, 1.807) is 4.90 Å². The maximum atomic E-state index is 12.7. The van der Waals surface area contributed by atoms with Gasteiger partial charge in [0.25, 0.3) is 0 Å². The van der Waals surface area contributed by atoms with Crippen LogP contribution in [-0.2, 0) is 16.0 Å². The standard InChI is InChI=1S/C23H27N3O2S/c1-4-26-21(27)15-20(22(28)24-13-12-18-8-6-5-7-9-18)29-23(26)25-19-11-10-16(2)17(3)14-19/h5-11,14,20H,4,12-13,15H2,1-3H3,(H,24,28). The fraction of sp³-hybridized carbons (Fsp3) is 0.348. The molecule has 2 aromatic carbocycles. The summed E-state index contributed by atoms with van der Waals surface area (Å²) in [5.41, 5.74) is 4.32. The van der Waals surface area contributed by atoms with E-state index in [1.165, 1.54) is 22.9 Å². The average molecular weight is 410 g/mol. The van der Waals surface area contributed by atoms with Crippen LogP contribution in [0, 0.1) is 13.8 Å². The number of thioether (sulfide) groups is 1. The van der Waals surface area contributed by atoms with E-state index in [-0.39, 0.29) is 18.2 Å². The number of rotatable bonds is 6. The van der Waals surface area contributed by atoms with Crippen LogP contribution in [0.1, 0.15) is 30.0 Å². The summed E-state index contributed by atoms with van der Waals surface area (Å²) in [5.74, 6) is -0.167. The fourth-order valence-electron chi connectivity index (χ4n) is 3.15. The maximum absolute atomic E-state index is 12.7. The minimum absolute atomic E-state index is 0.0583. The Morgan fingerprint density at radius 2 is 1.93 bits per heavy atom. The van der Waals surface area contributed by atoms with Crippen molar-refractivity contribution in [2.75, 3.05) is 13.1 Å². The number of amides is 2. The highest BCUT2D eigenvalue weighted by Crippen LogP contribution is 2.29. The molecule has 0 saturated carbocycles. The van der Waals surface area contributed by atoms with Crippen molar-refractivity contribution in [1.82, 2.24) is 10.2 Å². The van der Waals surface area contributed by atoms with Gasteiger partial charge < -0.3 is 5.32 Å². The van der Waals surface area contributed by atoms with Crippen LogP contribution < -0.4 is 5.32 Å². The number of nitrogens with zero attached hydrogens (tertiary/aromatic N) is 2. The molecule has 0 aliphatic carbocycles. The van der Waals surface area contributed by atoms with Crippen molar-refractivity contribution in [1.29, 1.82) is 0 Å². The highest BCUT2D eigenvalue weighted by Gasteiger charge is 2.35. The molecule has 3 rings (SSSR count). The summed E-state index contributed by atoms with van der Waals surface area (Å²) in [6.07, 6.45) is 0.963. The van der Waals surface area contributed by atoms with Crippen molar-refractivity contribution < 1.29 is 9.59 Å². The number of nitrogens with one attached hydrogen (secondary N) is 1. The molecular weight excluding hydrogens is 382 g/mol. The van der Waals surface area contributed by atoms with Crippen LogP contribution in [0.5, 0.6) is 0 Å². The zero-order valence-corrected chi connectivity index (χ0v) is 18.0. The van der Waals surface area contributed by atoms with Gasteiger partial charge in [-0.25, -0.2) is 4.99 Å². The first-order valence-electron chi connectivity index (χ1n) is 9.92. The van der Waals surface area contributed by atoms with Crippen LogP contribution in [0.25, 0.3) is 0 Å². The van der Waals surface area contributed by atoms with E-state index in [9.17, 15) is 9.59 Å². The molecule has 0 spiro atoms. The Morgan fingerprint density at radius 1 is 1.17 bits per heavy atom. The molecule has 29 heavy (non-hydrogen) atoms. The Labute approximate surface area is 176 Å². The largest absolute Gasteiger partial charge is 0.355 e. The van der Waals surface area contributed by atoms with Crippen molar-refractivity contribution in [2.24, 2.45) is 4.99 Å². The van der Waals surface area contributed by atoms with Crippen molar-refractivity contribution in [3.8, 4) is 0 Å². The molecule has 5 nitrogen and oxygen atoms in total. The minimum Gasteiger partial charge on any atom is -0.355 e. The second kappa shape index (κ2) is 9.74. The quantitative estimate of drug-likeness (QED) is 0.784. The molecule has 0 bridgehead atoms. The molecule has 0 aromatic heterocycles. The molecular formula is C23H27N3O2S. The predicted molar refractivity (Wildman–Crippen MR) is 120 cm³/mol. The lowest BCUT2D eigenvalue weighted by atomic mass is 10.1. The minimum atomic E-state index is -0.452. The third-order valence-electron chi connectivity index (χ3n) is 5.02. The summed E-state index contributed by atoms with van der Waals surface area (Å²) in [5, 5.41) is 3.11. The molecule has 1 aliphatic heterocycles. The molecule has 0 radical (unpaired) electrons. The molecule has 1 aliphatic rings. The molecule has 1 unspecified atom stereocenters. The highest BCUT2D eigenvalue weighted by atomic mass is 32.2. The Balaban J connectivity index is 1.68. The molecule has 1 fully saturated rings. The second-order valence-electron chi connectivity index (χ2n) is 7.14. The van der Waals surface area contributed by atoms with Crippen LogP contribution in [0.2, 0.25) is 0 Å². The summed E-state index contributed by atoms with van der Waals surface area (Å²) >= 11 is 1.37. The highest BCUT2D eigenvalue weighted by molar-refractivity contribution is 8.15. The van der Waals surface area contributed by atoms with Crippen molar-refractivity contribution in [3.63, 3.8) is 0 Å². The SMILES string of the molecule is CCN1C(=O)CC(C(=O)NCCc2ccccc2)SC1=Nc1ccc(C)c(C)c1. The third-order valence-corrected chi connectivity index (χ3v) is 6.21.